The van der Waals surface area contributed by atoms with Gasteiger partial charge < -0.3 is 5.32 Å². The largest absolute Gasteiger partial charge is 0.322 e. The zero-order chi connectivity index (χ0) is 24.4. The summed E-state index contributed by atoms with van der Waals surface area (Å²) in [6.07, 6.45) is 3.82. The molecule has 2 heterocycles. The predicted molar refractivity (Wildman–Crippen MR) is 137 cm³/mol. The molecular weight excluding hydrogens is 460 g/mol. The lowest BCUT2D eigenvalue weighted by Crippen LogP contribution is -2.24. The first-order chi connectivity index (χ1) is 17.0. The van der Waals surface area contributed by atoms with Crippen LogP contribution >= 0.6 is 11.6 Å². The number of hydrogen-bond acceptors (Lipinski definition) is 4. The lowest BCUT2D eigenvalue weighted by Gasteiger charge is -2.14. The van der Waals surface area contributed by atoms with E-state index in [1.807, 2.05) is 30.3 Å². The Balaban J connectivity index is 1.40. The van der Waals surface area contributed by atoms with Gasteiger partial charge in [0.05, 0.1) is 22.9 Å². The molecule has 3 aromatic carbocycles. The molecule has 5 rings (SSSR count). The number of benzene rings is 3. The molecule has 7 heteroatoms. The maximum absolute atomic E-state index is 13.0. The van der Waals surface area contributed by atoms with Crippen LogP contribution in [0.5, 0.6) is 0 Å². The third-order valence-electron chi connectivity index (χ3n) is 6.41. The van der Waals surface area contributed by atoms with Gasteiger partial charge in [-0.2, -0.15) is 5.26 Å². The second kappa shape index (κ2) is 9.73. The van der Waals surface area contributed by atoms with Gasteiger partial charge in [-0.25, -0.2) is 4.98 Å². The van der Waals surface area contributed by atoms with E-state index >= 15 is 0 Å². The third-order valence-corrected chi connectivity index (χ3v) is 6.74. The third kappa shape index (κ3) is 4.55. The van der Waals surface area contributed by atoms with Crippen LogP contribution in [0.25, 0.3) is 10.9 Å². The summed E-state index contributed by atoms with van der Waals surface area (Å²) < 4.78 is 1.77. The number of fused-ring (bicyclic) bond motifs is 2. The molecule has 0 aliphatic carbocycles. The zero-order valence-corrected chi connectivity index (χ0v) is 19.8. The fraction of sp³-hybridized carbons (Fsp3) is 0.214. The summed E-state index contributed by atoms with van der Waals surface area (Å²) in [7, 11) is 0. The number of nitrogens with zero attached hydrogens (tertiary/aromatic N) is 3. The van der Waals surface area contributed by atoms with Crippen LogP contribution in [0.15, 0.2) is 71.5 Å². The Morgan fingerprint density at radius 3 is 2.66 bits per heavy atom. The van der Waals surface area contributed by atoms with Gasteiger partial charge in [0.15, 0.2) is 0 Å². The molecule has 174 valence electrons. The number of carbonyl (C=O) groups is 1. The molecule has 1 aromatic heterocycles. The lowest BCUT2D eigenvalue weighted by molar-refractivity contribution is 0.102. The minimum atomic E-state index is -0.505. The van der Waals surface area contributed by atoms with Crippen molar-refractivity contribution in [3.63, 3.8) is 0 Å². The van der Waals surface area contributed by atoms with Gasteiger partial charge in [-0.3, -0.25) is 14.2 Å². The molecule has 0 bridgehead atoms. The van der Waals surface area contributed by atoms with Crippen molar-refractivity contribution in [3.05, 3.63) is 105 Å². The minimum Gasteiger partial charge on any atom is -0.322 e. The summed E-state index contributed by atoms with van der Waals surface area (Å²) in [5.41, 5.74) is 2.93. The number of aryl methyl sites for hydroxylation is 1. The molecule has 0 spiro atoms. The fourth-order valence-corrected chi connectivity index (χ4v) is 4.86. The molecule has 35 heavy (non-hydrogen) atoms. The average Bonchev–Trinajstić information content (AvgIpc) is 3.12. The molecule has 1 atom stereocenters. The van der Waals surface area contributed by atoms with Crippen LogP contribution in [-0.4, -0.2) is 15.5 Å². The maximum atomic E-state index is 13.0. The second-order valence-electron chi connectivity index (χ2n) is 8.69. The Kier molecular flexibility index (Phi) is 6.35. The van der Waals surface area contributed by atoms with Crippen LogP contribution in [-0.2, 0) is 13.0 Å². The summed E-state index contributed by atoms with van der Waals surface area (Å²) in [6.45, 7) is 0.688. The van der Waals surface area contributed by atoms with Crippen LogP contribution in [0, 0.1) is 11.3 Å². The first-order valence-electron chi connectivity index (χ1n) is 11.6. The smallest absolute Gasteiger partial charge is 0.261 e. The number of halogens is 1. The van der Waals surface area contributed by atoms with E-state index in [1.54, 1.807) is 41.0 Å². The number of nitriles is 1. The van der Waals surface area contributed by atoms with Crippen molar-refractivity contribution in [1.82, 2.24) is 9.55 Å². The molecule has 6 nitrogen and oxygen atoms in total. The van der Waals surface area contributed by atoms with Crippen molar-refractivity contribution in [2.75, 3.05) is 5.32 Å². The van der Waals surface area contributed by atoms with E-state index in [2.05, 4.69) is 11.4 Å². The van der Waals surface area contributed by atoms with Gasteiger partial charge in [-0.05, 0) is 54.3 Å². The number of carbonyl (C=O) groups excluding carboxylic acids is 1. The number of aromatic nitrogens is 2. The molecule has 0 saturated heterocycles. The summed E-state index contributed by atoms with van der Waals surface area (Å²) in [5.74, 6) is -0.0489. The molecular formula is C28H23ClN4O2. The van der Waals surface area contributed by atoms with Gasteiger partial charge in [-0.15, -0.1) is 0 Å². The molecule has 0 unspecified atom stereocenters. The van der Waals surface area contributed by atoms with Crippen LogP contribution in [0.3, 0.4) is 0 Å². The lowest BCUT2D eigenvalue weighted by atomic mass is 9.92. The molecule has 0 saturated carbocycles. The predicted octanol–water partition coefficient (Wildman–Crippen LogP) is 5.68. The molecule has 4 aromatic rings. The van der Waals surface area contributed by atoms with Crippen LogP contribution in [0.2, 0.25) is 5.02 Å². The Morgan fingerprint density at radius 1 is 1.06 bits per heavy atom. The van der Waals surface area contributed by atoms with E-state index in [0.29, 0.717) is 39.3 Å². The van der Waals surface area contributed by atoms with Gasteiger partial charge in [0, 0.05) is 29.2 Å². The number of amides is 1. The van der Waals surface area contributed by atoms with Crippen molar-refractivity contribution in [2.24, 2.45) is 0 Å². The zero-order valence-electron chi connectivity index (χ0n) is 19.0. The Bertz CT molecular complexity index is 1520. The highest BCUT2D eigenvalue weighted by Crippen LogP contribution is 2.32. The Morgan fingerprint density at radius 2 is 1.89 bits per heavy atom. The molecule has 0 fully saturated rings. The highest BCUT2D eigenvalue weighted by atomic mass is 35.5. The van der Waals surface area contributed by atoms with Gasteiger partial charge in [-0.1, -0.05) is 54.4 Å². The molecule has 1 N–H and O–H groups in total. The van der Waals surface area contributed by atoms with Crippen molar-refractivity contribution >= 4 is 34.1 Å². The van der Waals surface area contributed by atoms with E-state index < -0.39 is 5.92 Å². The molecule has 1 aliphatic heterocycles. The monoisotopic (exact) mass is 482 g/mol. The molecule has 0 radical (unpaired) electrons. The topological polar surface area (TPSA) is 87.8 Å². The van der Waals surface area contributed by atoms with Crippen molar-refractivity contribution < 1.29 is 4.79 Å². The van der Waals surface area contributed by atoms with Gasteiger partial charge in [0.2, 0.25) is 0 Å². The average molecular weight is 483 g/mol. The van der Waals surface area contributed by atoms with E-state index in [1.165, 1.54) is 0 Å². The van der Waals surface area contributed by atoms with Crippen LogP contribution in [0.1, 0.15) is 52.5 Å². The van der Waals surface area contributed by atoms with Crippen LogP contribution < -0.4 is 10.9 Å². The highest BCUT2D eigenvalue weighted by Gasteiger charge is 2.18. The summed E-state index contributed by atoms with van der Waals surface area (Å²) in [5, 5.41) is 13.5. The summed E-state index contributed by atoms with van der Waals surface area (Å²) in [4.78, 5) is 30.6. The maximum Gasteiger partial charge on any atom is 0.261 e. The van der Waals surface area contributed by atoms with Crippen molar-refractivity contribution in [3.8, 4) is 6.07 Å². The summed E-state index contributed by atoms with van der Waals surface area (Å²) >= 11 is 6.51. The van der Waals surface area contributed by atoms with Crippen molar-refractivity contribution in [2.45, 2.75) is 38.1 Å². The number of hydrogen-bond donors (Lipinski definition) is 1. The molecule has 1 aliphatic rings. The number of rotatable bonds is 4. The quantitative estimate of drug-likeness (QED) is 0.405. The van der Waals surface area contributed by atoms with Gasteiger partial charge in [0.25, 0.3) is 11.5 Å². The highest BCUT2D eigenvalue weighted by molar-refractivity contribution is 6.32. The Hall–Kier alpha value is -3.95. The van der Waals surface area contributed by atoms with Crippen LogP contribution in [0.4, 0.5) is 5.69 Å². The van der Waals surface area contributed by atoms with E-state index in [9.17, 15) is 14.9 Å². The number of nitrogens with one attached hydrogen (secondary N) is 1. The summed E-state index contributed by atoms with van der Waals surface area (Å²) in [6, 6.07) is 21.9. The van der Waals surface area contributed by atoms with Gasteiger partial charge >= 0.3 is 0 Å². The number of anilines is 1. The Labute approximate surface area is 207 Å². The van der Waals surface area contributed by atoms with Crippen molar-refractivity contribution in [1.29, 1.82) is 5.26 Å². The first-order valence-corrected chi connectivity index (χ1v) is 12.0. The normalized spacial score (nSPS) is 13.9. The van der Waals surface area contributed by atoms with Gasteiger partial charge in [0.1, 0.15) is 5.82 Å². The van der Waals surface area contributed by atoms with E-state index in [0.717, 1.165) is 37.1 Å². The second-order valence-corrected chi connectivity index (χ2v) is 9.10. The fourth-order valence-electron chi connectivity index (χ4n) is 4.57. The molecule has 1 amide bonds. The SMILES string of the molecule is N#C[C@H](c1ccccc1)c1ccc(NC(=O)c2ccc3c(=O)n4c(nc3c2)CCCCC4)cc1Cl. The van der Waals surface area contributed by atoms with E-state index in [4.69, 9.17) is 16.6 Å². The standard InChI is InChI=1S/C28H23ClN4O2/c29-24-16-20(11-13-21(24)23(17-30)18-7-3-1-4-8-18)31-27(34)19-10-12-22-25(15-19)32-26-9-5-2-6-14-33(26)28(22)35/h1,3-4,7-8,10-13,15-16,23H,2,5-6,9,14H2,(H,31,34)/t23-/m1/s1. The first kappa shape index (κ1) is 22.8. The minimum absolute atomic E-state index is 0.0494. The van der Waals surface area contributed by atoms with E-state index in [-0.39, 0.29) is 11.5 Å².